The fourth-order valence-electron chi connectivity index (χ4n) is 2.32. The standard InChI is InChI=1S/C13H16F2O/c1-3-4-9-7-13(9,16)10-5-8(2)11(14)6-12(10)15/h5-6,9,16H,3-4,7H2,1-2H3. The van der Waals surface area contributed by atoms with E-state index in [0.717, 1.165) is 18.9 Å². The lowest BCUT2D eigenvalue weighted by Gasteiger charge is -2.13. The fourth-order valence-corrected chi connectivity index (χ4v) is 2.32. The van der Waals surface area contributed by atoms with E-state index in [4.69, 9.17) is 0 Å². The van der Waals surface area contributed by atoms with E-state index in [1.165, 1.54) is 6.07 Å². The molecule has 1 aliphatic carbocycles. The normalized spacial score (nSPS) is 28.2. The Morgan fingerprint density at radius 1 is 1.38 bits per heavy atom. The van der Waals surface area contributed by atoms with Crippen molar-refractivity contribution in [1.29, 1.82) is 0 Å². The number of aliphatic hydroxyl groups is 1. The summed E-state index contributed by atoms with van der Waals surface area (Å²) in [6.07, 6.45) is 2.43. The van der Waals surface area contributed by atoms with E-state index in [0.29, 0.717) is 12.0 Å². The molecule has 1 aromatic rings. The van der Waals surface area contributed by atoms with E-state index >= 15 is 0 Å². The van der Waals surface area contributed by atoms with Gasteiger partial charge in [-0.3, -0.25) is 0 Å². The molecule has 0 spiro atoms. The number of aryl methyl sites for hydroxylation is 1. The summed E-state index contributed by atoms with van der Waals surface area (Å²) >= 11 is 0. The molecule has 2 unspecified atom stereocenters. The molecule has 1 N–H and O–H groups in total. The van der Waals surface area contributed by atoms with Gasteiger partial charge in [0.15, 0.2) is 0 Å². The molecule has 1 aromatic carbocycles. The summed E-state index contributed by atoms with van der Waals surface area (Å²) in [7, 11) is 0. The molecule has 16 heavy (non-hydrogen) atoms. The van der Waals surface area contributed by atoms with Gasteiger partial charge in [0.1, 0.15) is 11.6 Å². The minimum Gasteiger partial charge on any atom is -0.385 e. The van der Waals surface area contributed by atoms with E-state index in [1.54, 1.807) is 6.92 Å². The highest BCUT2D eigenvalue weighted by atomic mass is 19.1. The summed E-state index contributed by atoms with van der Waals surface area (Å²) < 4.78 is 26.7. The largest absolute Gasteiger partial charge is 0.385 e. The zero-order valence-electron chi connectivity index (χ0n) is 9.56. The minimum atomic E-state index is -1.06. The van der Waals surface area contributed by atoms with Crippen LogP contribution >= 0.6 is 0 Å². The van der Waals surface area contributed by atoms with Crippen molar-refractivity contribution in [2.75, 3.05) is 0 Å². The SMILES string of the molecule is CCCC1CC1(O)c1cc(C)c(F)cc1F. The van der Waals surface area contributed by atoms with Crippen LogP contribution in [-0.4, -0.2) is 5.11 Å². The molecule has 0 bridgehead atoms. The Morgan fingerprint density at radius 3 is 2.69 bits per heavy atom. The molecule has 0 amide bonds. The summed E-state index contributed by atoms with van der Waals surface area (Å²) in [5, 5.41) is 10.2. The van der Waals surface area contributed by atoms with E-state index in [1.807, 2.05) is 6.92 Å². The van der Waals surface area contributed by atoms with Crippen LogP contribution in [0.15, 0.2) is 12.1 Å². The van der Waals surface area contributed by atoms with Gasteiger partial charge in [0.05, 0.1) is 5.60 Å². The Morgan fingerprint density at radius 2 is 2.06 bits per heavy atom. The van der Waals surface area contributed by atoms with E-state index in [2.05, 4.69) is 0 Å². The predicted molar refractivity (Wildman–Crippen MR) is 58.0 cm³/mol. The van der Waals surface area contributed by atoms with Crippen LogP contribution in [0.25, 0.3) is 0 Å². The van der Waals surface area contributed by atoms with Crippen LogP contribution in [0.2, 0.25) is 0 Å². The van der Waals surface area contributed by atoms with Gasteiger partial charge in [0, 0.05) is 11.6 Å². The van der Waals surface area contributed by atoms with Crippen LogP contribution in [0.3, 0.4) is 0 Å². The Labute approximate surface area is 94.1 Å². The van der Waals surface area contributed by atoms with Gasteiger partial charge in [-0.1, -0.05) is 13.3 Å². The Balaban J connectivity index is 2.32. The number of halogens is 2. The molecule has 1 nitrogen and oxygen atoms in total. The topological polar surface area (TPSA) is 20.2 Å². The van der Waals surface area contributed by atoms with Crippen LogP contribution in [0.5, 0.6) is 0 Å². The molecule has 3 heteroatoms. The highest BCUT2D eigenvalue weighted by Crippen LogP contribution is 2.55. The van der Waals surface area contributed by atoms with Crippen LogP contribution < -0.4 is 0 Å². The van der Waals surface area contributed by atoms with Gasteiger partial charge in [0.25, 0.3) is 0 Å². The van der Waals surface area contributed by atoms with Gasteiger partial charge in [-0.25, -0.2) is 8.78 Å². The first-order valence-corrected chi connectivity index (χ1v) is 5.67. The second kappa shape index (κ2) is 3.81. The summed E-state index contributed by atoms with van der Waals surface area (Å²) in [6.45, 7) is 3.61. The van der Waals surface area contributed by atoms with Crippen LogP contribution in [0, 0.1) is 24.5 Å². The monoisotopic (exact) mass is 226 g/mol. The summed E-state index contributed by atoms with van der Waals surface area (Å²) in [5.41, 5.74) is -0.421. The third-order valence-electron chi connectivity index (χ3n) is 3.42. The molecule has 2 rings (SSSR count). The van der Waals surface area contributed by atoms with Crippen molar-refractivity contribution in [1.82, 2.24) is 0 Å². The average Bonchev–Trinajstić information content (AvgIpc) is 2.85. The molecule has 2 atom stereocenters. The van der Waals surface area contributed by atoms with Gasteiger partial charge in [-0.05, 0) is 37.3 Å². The maximum absolute atomic E-state index is 13.6. The number of hydrogen-bond donors (Lipinski definition) is 1. The Hall–Kier alpha value is -0.960. The molecular formula is C13H16F2O. The molecule has 1 fully saturated rings. The van der Waals surface area contributed by atoms with Gasteiger partial charge < -0.3 is 5.11 Å². The van der Waals surface area contributed by atoms with Crippen LogP contribution in [0.1, 0.15) is 37.3 Å². The Kier molecular flexibility index (Phi) is 2.74. The van der Waals surface area contributed by atoms with E-state index in [-0.39, 0.29) is 11.5 Å². The lowest BCUT2D eigenvalue weighted by molar-refractivity contribution is 0.124. The third-order valence-corrected chi connectivity index (χ3v) is 3.42. The van der Waals surface area contributed by atoms with Crippen molar-refractivity contribution in [3.05, 3.63) is 34.9 Å². The molecule has 88 valence electrons. The highest BCUT2D eigenvalue weighted by Gasteiger charge is 2.54. The fraction of sp³-hybridized carbons (Fsp3) is 0.538. The molecule has 1 aliphatic rings. The first kappa shape index (κ1) is 11.5. The third kappa shape index (κ3) is 1.73. The van der Waals surface area contributed by atoms with Crippen molar-refractivity contribution in [3.63, 3.8) is 0 Å². The zero-order valence-corrected chi connectivity index (χ0v) is 9.56. The van der Waals surface area contributed by atoms with Crippen molar-refractivity contribution >= 4 is 0 Å². The Bertz CT molecular complexity index is 417. The van der Waals surface area contributed by atoms with Gasteiger partial charge in [-0.15, -0.1) is 0 Å². The minimum absolute atomic E-state index is 0.122. The maximum Gasteiger partial charge on any atom is 0.132 e. The first-order valence-electron chi connectivity index (χ1n) is 5.67. The molecular weight excluding hydrogens is 210 g/mol. The van der Waals surface area contributed by atoms with Crippen molar-refractivity contribution in [3.8, 4) is 0 Å². The van der Waals surface area contributed by atoms with Crippen molar-refractivity contribution < 1.29 is 13.9 Å². The molecule has 0 aromatic heterocycles. The second-order valence-corrected chi connectivity index (χ2v) is 4.70. The lowest BCUT2D eigenvalue weighted by atomic mass is 10.0. The van der Waals surface area contributed by atoms with E-state index in [9.17, 15) is 13.9 Å². The van der Waals surface area contributed by atoms with Crippen molar-refractivity contribution in [2.24, 2.45) is 5.92 Å². The summed E-state index contributed by atoms with van der Waals surface area (Å²) in [5.74, 6) is -1.07. The van der Waals surface area contributed by atoms with Gasteiger partial charge >= 0.3 is 0 Å². The van der Waals surface area contributed by atoms with Gasteiger partial charge in [-0.2, -0.15) is 0 Å². The van der Waals surface area contributed by atoms with Gasteiger partial charge in [0.2, 0.25) is 0 Å². The average molecular weight is 226 g/mol. The molecule has 0 heterocycles. The van der Waals surface area contributed by atoms with Crippen molar-refractivity contribution in [2.45, 2.75) is 38.7 Å². The predicted octanol–water partition coefficient (Wildman–Crippen LogP) is 3.28. The quantitative estimate of drug-likeness (QED) is 0.838. The summed E-state index contributed by atoms with van der Waals surface area (Å²) in [4.78, 5) is 0. The number of benzene rings is 1. The van der Waals surface area contributed by atoms with E-state index < -0.39 is 17.2 Å². The number of rotatable bonds is 3. The second-order valence-electron chi connectivity index (χ2n) is 4.70. The van der Waals surface area contributed by atoms with Crippen LogP contribution in [-0.2, 0) is 5.60 Å². The number of hydrogen-bond acceptors (Lipinski definition) is 1. The smallest absolute Gasteiger partial charge is 0.132 e. The lowest BCUT2D eigenvalue weighted by Crippen LogP contribution is -2.12. The highest BCUT2D eigenvalue weighted by molar-refractivity contribution is 5.35. The molecule has 0 aliphatic heterocycles. The van der Waals surface area contributed by atoms with Crippen LogP contribution in [0.4, 0.5) is 8.78 Å². The molecule has 0 radical (unpaired) electrons. The molecule has 1 saturated carbocycles. The first-order chi connectivity index (χ1) is 7.49. The summed E-state index contributed by atoms with van der Waals surface area (Å²) in [6, 6.07) is 2.30. The maximum atomic E-state index is 13.6. The molecule has 0 saturated heterocycles. The zero-order chi connectivity index (χ0) is 11.9.